The maximum absolute atomic E-state index is 15.7. The van der Waals surface area contributed by atoms with E-state index >= 15 is 8.78 Å². The molecule has 4 rings (SSSR count). The molecule has 1 aliphatic heterocycles. The van der Waals surface area contributed by atoms with Crippen LogP contribution in [0.1, 0.15) is 46.1 Å². The van der Waals surface area contributed by atoms with Gasteiger partial charge in [0.25, 0.3) is 0 Å². The highest BCUT2D eigenvalue weighted by Gasteiger charge is 2.32. The molecule has 172 valence electrons. The Kier molecular flexibility index (Phi) is 5.68. The monoisotopic (exact) mass is 447 g/mol. The van der Waals surface area contributed by atoms with Crippen LogP contribution in [0.25, 0.3) is 10.9 Å². The summed E-state index contributed by atoms with van der Waals surface area (Å²) in [7, 11) is 0. The number of carboxylic acid groups (broad SMARTS) is 1. The number of rotatable bonds is 5. The number of benzene rings is 1. The van der Waals surface area contributed by atoms with Crippen LogP contribution in [0.2, 0.25) is 0 Å². The molecule has 1 aromatic carbocycles. The number of fused-ring (bicyclic) bond motifs is 1. The van der Waals surface area contributed by atoms with Gasteiger partial charge in [0.2, 0.25) is 5.43 Å². The van der Waals surface area contributed by atoms with Crippen LogP contribution in [0.5, 0.6) is 5.75 Å². The van der Waals surface area contributed by atoms with E-state index in [1.807, 2.05) is 6.21 Å². The van der Waals surface area contributed by atoms with Gasteiger partial charge < -0.3 is 19.3 Å². The Bertz CT molecular complexity index is 1150. The fraction of sp³-hybridized carbons (Fsp3) is 0.522. The molecule has 9 heteroatoms. The summed E-state index contributed by atoms with van der Waals surface area (Å²) in [6.07, 6.45) is 3.74. The number of hydrogen-bond acceptors (Lipinski definition) is 5. The summed E-state index contributed by atoms with van der Waals surface area (Å²) in [5.41, 5.74) is -1.04. The SMILES string of the molecule is CC(C)(C)C=NCC1CCN(c2c(F)cc3c(=O)c(OC(=O)O)cn(C4CC4)c3c2F)C1. The second kappa shape index (κ2) is 8.18. The van der Waals surface area contributed by atoms with Gasteiger partial charge in [-0.2, -0.15) is 0 Å². The van der Waals surface area contributed by atoms with E-state index in [4.69, 9.17) is 5.11 Å². The number of hydrogen-bond donors (Lipinski definition) is 1. The number of aliphatic imine (C=N–C) groups is 1. The molecule has 2 heterocycles. The van der Waals surface area contributed by atoms with Crippen molar-refractivity contribution in [1.82, 2.24) is 4.57 Å². The number of halogens is 2. The molecule has 7 nitrogen and oxygen atoms in total. The van der Waals surface area contributed by atoms with Crippen molar-refractivity contribution in [2.24, 2.45) is 16.3 Å². The molecule has 1 atom stereocenters. The van der Waals surface area contributed by atoms with Crippen LogP contribution in [0, 0.1) is 23.0 Å². The third-order valence-corrected chi connectivity index (χ3v) is 5.73. The van der Waals surface area contributed by atoms with Crippen molar-refractivity contribution in [1.29, 1.82) is 0 Å². The number of ether oxygens (including phenoxy) is 1. The predicted molar refractivity (Wildman–Crippen MR) is 118 cm³/mol. The summed E-state index contributed by atoms with van der Waals surface area (Å²) in [4.78, 5) is 29.8. The van der Waals surface area contributed by atoms with Crippen LogP contribution in [-0.2, 0) is 0 Å². The zero-order chi connectivity index (χ0) is 23.2. The topological polar surface area (TPSA) is 84.1 Å². The minimum atomic E-state index is -1.65. The van der Waals surface area contributed by atoms with Gasteiger partial charge in [-0.05, 0) is 36.7 Å². The van der Waals surface area contributed by atoms with Gasteiger partial charge in [0, 0.05) is 31.9 Å². The highest BCUT2D eigenvalue weighted by atomic mass is 19.1. The van der Waals surface area contributed by atoms with Crippen LogP contribution >= 0.6 is 0 Å². The van der Waals surface area contributed by atoms with Crippen molar-refractivity contribution in [3.8, 4) is 5.75 Å². The zero-order valence-electron chi connectivity index (χ0n) is 18.4. The Balaban J connectivity index is 1.71. The fourth-order valence-electron chi connectivity index (χ4n) is 4.16. The van der Waals surface area contributed by atoms with E-state index in [2.05, 4.69) is 30.5 Å². The van der Waals surface area contributed by atoms with Crippen LogP contribution in [0.3, 0.4) is 0 Å². The molecular formula is C23H27F2N3O4. The summed E-state index contributed by atoms with van der Waals surface area (Å²) >= 11 is 0. The van der Waals surface area contributed by atoms with E-state index < -0.39 is 29.0 Å². The quantitative estimate of drug-likeness (QED) is 0.534. The van der Waals surface area contributed by atoms with Gasteiger partial charge in [0.05, 0.1) is 17.1 Å². The molecule has 1 N–H and O–H groups in total. The largest absolute Gasteiger partial charge is 0.511 e. The minimum Gasteiger partial charge on any atom is -0.449 e. The third kappa shape index (κ3) is 4.47. The Morgan fingerprint density at radius 2 is 2.03 bits per heavy atom. The first-order valence-electron chi connectivity index (χ1n) is 10.8. The lowest BCUT2D eigenvalue weighted by Crippen LogP contribution is -2.24. The van der Waals surface area contributed by atoms with E-state index in [9.17, 15) is 9.59 Å². The van der Waals surface area contributed by atoms with Crippen molar-refractivity contribution in [3.63, 3.8) is 0 Å². The molecule has 1 aliphatic carbocycles. The van der Waals surface area contributed by atoms with Crippen LogP contribution in [0.4, 0.5) is 19.3 Å². The highest BCUT2D eigenvalue weighted by Crippen LogP contribution is 2.41. The van der Waals surface area contributed by atoms with Gasteiger partial charge in [-0.3, -0.25) is 9.79 Å². The summed E-state index contributed by atoms with van der Waals surface area (Å²) in [5, 5.41) is 8.68. The van der Waals surface area contributed by atoms with Gasteiger partial charge in [-0.15, -0.1) is 0 Å². The van der Waals surface area contributed by atoms with E-state index in [1.165, 1.54) is 10.8 Å². The first kappa shape index (κ1) is 22.2. The van der Waals surface area contributed by atoms with E-state index in [0.29, 0.717) is 19.6 Å². The van der Waals surface area contributed by atoms with Crippen LogP contribution in [-0.4, -0.2) is 41.7 Å². The molecule has 2 fully saturated rings. The molecule has 1 aromatic heterocycles. The van der Waals surface area contributed by atoms with Gasteiger partial charge in [-0.25, -0.2) is 13.6 Å². The summed E-state index contributed by atoms with van der Waals surface area (Å²) < 4.78 is 36.9. The number of carbonyl (C=O) groups is 1. The summed E-state index contributed by atoms with van der Waals surface area (Å²) in [6, 6.07) is 0.912. The van der Waals surface area contributed by atoms with Crippen molar-refractivity contribution in [2.75, 3.05) is 24.5 Å². The molecule has 1 unspecified atom stereocenters. The molecule has 0 radical (unpaired) electrons. The Hall–Kier alpha value is -2.97. The standard InChI is InChI=1S/C23H27F2N3O4/c1-23(2,3)12-26-9-13-6-7-27(10-13)20-16(24)8-15-19(18(20)25)28(14-4-5-14)11-17(21(15)29)32-22(30)31/h8,11-14H,4-7,9-10H2,1-3H3,(H,30,31). The molecule has 0 bridgehead atoms. The lowest BCUT2D eigenvalue weighted by atomic mass is 9.99. The summed E-state index contributed by atoms with van der Waals surface area (Å²) in [5.74, 6) is -1.92. The molecule has 32 heavy (non-hydrogen) atoms. The van der Waals surface area contributed by atoms with E-state index in [0.717, 1.165) is 25.3 Å². The smallest absolute Gasteiger partial charge is 0.449 e. The van der Waals surface area contributed by atoms with Crippen molar-refractivity contribution < 1.29 is 23.4 Å². The second-order valence-corrected chi connectivity index (χ2v) is 9.71. The molecule has 1 saturated carbocycles. The molecule has 0 spiro atoms. The average molecular weight is 447 g/mol. The third-order valence-electron chi connectivity index (χ3n) is 5.73. The van der Waals surface area contributed by atoms with Crippen molar-refractivity contribution >= 4 is 29.0 Å². The lowest BCUT2D eigenvalue weighted by Gasteiger charge is -2.22. The lowest BCUT2D eigenvalue weighted by molar-refractivity contribution is 0.143. The van der Waals surface area contributed by atoms with Crippen LogP contribution < -0.4 is 15.1 Å². The van der Waals surface area contributed by atoms with Gasteiger partial charge >= 0.3 is 6.16 Å². The van der Waals surface area contributed by atoms with Crippen molar-refractivity contribution in [2.45, 2.75) is 46.1 Å². The first-order chi connectivity index (χ1) is 15.0. The maximum Gasteiger partial charge on any atom is 0.511 e. The summed E-state index contributed by atoms with van der Waals surface area (Å²) in [6.45, 7) is 7.72. The number of aromatic nitrogens is 1. The molecular weight excluding hydrogens is 420 g/mol. The number of anilines is 1. The zero-order valence-corrected chi connectivity index (χ0v) is 18.4. The van der Waals surface area contributed by atoms with Crippen molar-refractivity contribution in [3.05, 3.63) is 34.1 Å². The van der Waals surface area contributed by atoms with Gasteiger partial charge in [0.1, 0.15) is 11.5 Å². The Morgan fingerprint density at radius 3 is 2.66 bits per heavy atom. The number of pyridine rings is 1. The van der Waals surface area contributed by atoms with Crippen LogP contribution in [0.15, 0.2) is 22.1 Å². The maximum atomic E-state index is 15.7. The highest BCUT2D eigenvalue weighted by molar-refractivity contribution is 5.86. The minimum absolute atomic E-state index is 0.0131. The normalized spacial score (nSPS) is 19.3. The predicted octanol–water partition coefficient (Wildman–Crippen LogP) is 4.61. The fourth-order valence-corrected chi connectivity index (χ4v) is 4.16. The number of nitrogens with zero attached hydrogens (tertiary/aromatic N) is 3. The Morgan fingerprint density at radius 1 is 1.31 bits per heavy atom. The van der Waals surface area contributed by atoms with E-state index in [1.54, 1.807) is 4.90 Å². The Labute approximate surface area is 184 Å². The average Bonchev–Trinajstić information content (AvgIpc) is 3.43. The van der Waals surface area contributed by atoms with Gasteiger partial charge in [-0.1, -0.05) is 20.8 Å². The van der Waals surface area contributed by atoms with Gasteiger partial charge in [0.15, 0.2) is 11.6 Å². The molecule has 0 amide bonds. The molecule has 2 aromatic rings. The molecule has 2 aliphatic rings. The first-order valence-corrected chi connectivity index (χ1v) is 10.8. The van der Waals surface area contributed by atoms with E-state index in [-0.39, 0.29) is 34.0 Å². The second-order valence-electron chi connectivity index (χ2n) is 9.71. The molecule has 1 saturated heterocycles.